The summed E-state index contributed by atoms with van der Waals surface area (Å²) in [6, 6.07) is 7.03. The molecule has 1 saturated carbocycles. The zero-order chi connectivity index (χ0) is 13.7. The molecule has 0 bridgehead atoms. The Labute approximate surface area is 124 Å². The van der Waals surface area contributed by atoms with E-state index < -0.39 is 0 Å². The van der Waals surface area contributed by atoms with Gasteiger partial charge in [0.1, 0.15) is 5.75 Å². The van der Waals surface area contributed by atoms with Crippen LogP contribution in [0.25, 0.3) is 0 Å². The minimum absolute atomic E-state index is 0.712. The van der Waals surface area contributed by atoms with Gasteiger partial charge in [0.15, 0.2) is 0 Å². The molecule has 0 amide bonds. The fraction of sp³-hybridized carbons (Fsp3) is 0.600. The number of halogens is 1. The van der Waals surface area contributed by atoms with E-state index in [0.29, 0.717) is 6.04 Å². The van der Waals surface area contributed by atoms with Crippen LogP contribution in [0.5, 0.6) is 5.75 Å². The van der Waals surface area contributed by atoms with Gasteiger partial charge in [-0.15, -0.1) is 0 Å². The molecule has 0 spiro atoms. The van der Waals surface area contributed by atoms with Crippen LogP contribution in [0.15, 0.2) is 22.7 Å². The van der Waals surface area contributed by atoms with Crippen LogP contribution in [0.4, 0.5) is 0 Å². The highest BCUT2D eigenvalue weighted by Crippen LogP contribution is 2.28. The van der Waals surface area contributed by atoms with Crippen LogP contribution in [0, 0.1) is 0 Å². The molecule has 19 heavy (non-hydrogen) atoms. The number of methoxy groups -OCH3 is 1. The van der Waals surface area contributed by atoms with Crippen LogP contribution < -0.4 is 10.5 Å². The molecule has 0 radical (unpaired) electrons. The zero-order valence-electron chi connectivity index (χ0n) is 11.6. The van der Waals surface area contributed by atoms with Gasteiger partial charge in [-0.25, -0.2) is 0 Å². The van der Waals surface area contributed by atoms with Crippen molar-refractivity contribution in [2.75, 3.05) is 20.2 Å². The standard InChI is InChI=1S/C15H23BrN2O/c1-19-15-7-6-12(10-14(15)16)11-18(9-8-17)13-4-2-3-5-13/h6-7,10,13H,2-5,8-9,11,17H2,1H3. The van der Waals surface area contributed by atoms with Crippen molar-refractivity contribution < 1.29 is 4.74 Å². The van der Waals surface area contributed by atoms with Crippen molar-refractivity contribution in [1.82, 2.24) is 4.90 Å². The second-order valence-corrected chi connectivity index (χ2v) is 6.02. The summed E-state index contributed by atoms with van der Waals surface area (Å²) in [7, 11) is 1.69. The van der Waals surface area contributed by atoms with Crippen molar-refractivity contribution in [3.05, 3.63) is 28.2 Å². The van der Waals surface area contributed by atoms with Crippen molar-refractivity contribution in [1.29, 1.82) is 0 Å². The molecule has 2 N–H and O–H groups in total. The molecule has 1 fully saturated rings. The molecule has 106 valence electrons. The number of benzene rings is 1. The SMILES string of the molecule is COc1ccc(CN(CCN)C2CCCC2)cc1Br. The van der Waals surface area contributed by atoms with Gasteiger partial charge in [0, 0.05) is 25.7 Å². The van der Waals surface area contributed by atoms with Crippen molar-refractivity contribution >= 4 is 15.9 Å². The van der Waals surface area contributed by atoms with Gasteiger partial charge in [-0.3, -0.25) is 4.90 Å². The normalized spacial score (nSPS) is 16.2. The van der Waals surface area contributed by atoms with E-state index in [0.717, 1.165) is 29.9 Å². The van der Waals surface area contributed by atoms with E-state index >= 15 is 0 Å². The average molecular weight is 327 g/mol. The monoisotopic (exact) mass is 326 g/mol. The molecule has 0 heterocycles. The van der Waals surface area contributed by atoms with Gasteiger partial charge >= 0.3 is 0 Å². The molecule has 1 aromatic rings. The Morgan fingerprint density at radius 3 is 2.68 bits per heavy atom. The number of nitrogens with zero attached hydrogens (tertiary/aromatic N) is 1. The van der Waals surface area contributed by atoms with Crippen molar-refractivity contribution in [2.24, 2.45) is 5.73 Å². The smallest absolute Gasteiger partial charge is 0.133 e. The number of hydrogen-bond acceptors (Lipinski definition) is 3. The van der Waals surface area contributed by atoms with Gasteiger partial charge in [-0.1, -0.05) is 18.9 Å². The van der Waals surface area contributed by atoms with Gasteiger partial charge in [0.2, 0.25) is 0 Å². The van der Waals surface area contributed by atoms with E-state index in [9.17, 15) is 0 Å². The lowest BCUT2D eigenvalue weighted by Crippen LogP contribution is -2.36. The first-order chi connectivity index (χ1) is 9.24. The van der Waals surface area contributed by atoms with Gasteiger partial charge < -0.3 is 10.5 Å². The Morgan fingerprint density at radius 1 is 1.37 bits per heavy atom. The Bertz CT molecular complexity index is 405. The second kappa shape index (κ2) is 7.27. The van der Waals surface area contributed by atoms with E-state index in [2.05, 4.69) is 33.0 Å². The third kappa shape index (κ3) is 3.94. The molecule has 0 saturated heterocycles. The topological polar surface area (TPSA) is 38.5 Å². The van der Waals surface area contributed by atoms with Crippen LogP contribution in [-0.2, 0) is 6.54 Å². The number of rotatable bonds is 6. The molecule has 1 aromatic carbocycles. The second-order valence-electron chi connectivity index (χ2n) is 5.17. The lowest BCUT2D eigenvalue weighted by atomic mass is 10.1. The van der Waals surface area contributed by atoms with Crippen molar-refractivity contribution in [2.45, 2.75) is 38.3 Å². The molecule has 1 aliphatic carbocycles. The molecular formula is C15H23BrN2O. The number of nitrogens with two attached hydrogens (primary N) is 1. The Balaban J connectivity index is 2.05. The maximum atomic E-state index is 5.76. The Kier molecular flexibility index (Phi) is 5.67. The molecule has 0 aliphatic heterocycles. The van der Waals surface area contributed by atoms with Crippen LogP contribution in [-0.4, -0.2) is 31.1 Å². The highest BCUT2D eigenvalue weighted by atomic mass is 79.9. The first kappa shape index (κ1) is 14.8. The van der Waals surface area contributed by atoms with E-state index in [-0.39, 0.29) is 0 Å². The maximum absolute atomic E-state index is 5.76. The third-order valence-corrected chi connectivity index (χ3v) is 4.48. The molecule has 0 unspecified atom stereocenters. The quantitative estimate of drug-likeness (QED) is 0.872. The summed E-state index contributed by atoms with van der Waals surface area (Å²) in [6.07, 6.45) is 5.35. The highest BCUT2D eigenvalue weighted by molar-refractivity contribution is 9.10. The predicted octanol–water partition coefficient (Wildman–Crippen LogP) is 3.16. The number of ether oxygens (including phenoxy) is 1. The van der Waals surface area contributed by atoms with Gasteiger partial charge in [-0.05, 0) is 46.5 Å². The maximum Gasteiger partial charge on any atom is 0.133 e. The van der Waals surface area contributed by atoms with Crippen LogP contribution in [0.1, 0.15) is 31.2 Å². The molecule has 0 atom stereocenters. The van der Waals surface area contributed by atoms with E-state index in [1.807, 2.05) is 6.07 Å². The van der Waals surface area contributed by atoms with Crippen molar-refractivity contribution in [3.8, 4) is 5.75 Å². The molecular weight excluding hydrogens is 304 g/mol. The summed E-state index contributed by atoms with van der Waals surface area (Å²) < 4.78 is 6.29. The first-order valence-corrected chi connectivity index (χ1v) is 7.80. The lowest BCUT2D eigenvalue weighted by molar-refractivity contribution is 0.195. The Hall–Kier alpha value is -0.580. The molecule has 2 rings (SSSR count). The van der Waals surface area contributed by atoms with Gasteiger partial charge in [-0.2, -0.15) is 0 Å². The largest absolute Gasteiger partial charge is 0.496 e. The van der Waals surface area contributed by atoms with Crippen LogP contribution in [0.3, 0.4) is 0 Å². The summed E-state index contributed by atoms with van der Waals surface area (Å²) in [6.45, 7) is 2.69. The number of hydrogen-bond donors (Lipinski definition) is 1. The summed E-state index contributed by atoms with van der Waals surface area (Å²) in [5, 5.41) is 0. The van der Waals surface area contributed by atoms with Crippen LogP contribution in [0.2, 0.25) is 0 Å². The highest BCUT2D eigenvalue weighted by Gasteiger charge is 2.22. The lowest BCUT2D eigenvalue weighted by Gasteiger charge is -2.28. The fourth-order valence-corrected chi connectivity index (χ4v) is 3.46. The van der Waals surface area contributed by atoms with Crippen LogP contribution >= 0.6 is 15.9 Å². The third-order valence-electron chi connectivity index (χ3n) is 3.86. The van der Waals surface area contributed by atoms with Gasteiger partial charge in [0.25, 0.3) is 0 Å². The van der Waals surface area contributed by atoms with E-state index in [1.54, 1.807) is 7.11 Å². The summed E-state index contributed by atoms with van der Waals surface area (Å²) >= 11 is 3.55. The predicted molar refractivity (Wildman–Crippen MR) is 82.4 cm³/mol. The minimum atomic E-state index is 0.712. The van der Waals surface area contributed by atoms with E-state index in [4.69, 9.17) is 10.5 Å². The Morgan fingerprint density at radius 2 is 2.11 bits per heavy atom. The average Bonchev–Trinajstić information content (AvgIpc) is 2.92. The first-order valence-electron chi connectivity index (χ1n) is 7.01. The molecule has 4 heteroatoms. The molecule has 0 aromatic heterocycles. The van der Waals surface area contributed by atoms with Gasteiger partial charge in [0.05, 0.1) is 11.6 Å². The minimum Gasteiger partial charge on any atom is -0.496 e. The summed E-state index contributed by atoms with van der Waals surface area (Å²) in [4.78, 5) is 2.53. The summed E-state index contributed by atoms with van der Waals surface area (Å²) in [5.74, 6) is 0.884. The summed E-state index contributed by atoms with van der Waals surface area (Å²) in [5.41, 5.74) is 7.07. The molecule has 1 aliphatic rings. The zero-order valence-corrected chi connectivity index (χ0v) is 13.2. The van der Waals surface area contributed by atoms with E-state index in [1.165, 1.54) is 31.2 Å². The molecule has 3 nitrogen and oxygen atoms in total. The fourth-order valence-electron chi connectivity index (χ4n) is 2.87. The van der Waals surface area contributed by atoms with Crippen molar-refractivity contribution in [3.63, 3.8) is 0 Å².